The third kappa shape index (κ3) is 2.40. The molecule has 0 saturated heterocycles. The van der Waals surface area contributed by atoms with Crippen LogP contribution in [0.15, 0.2) is 54.6 Å². The lowest BCUT2D eigenvalue weighted by molar-refractivity contribution is 0.877. The van der Waals surface area contributed by atoms with Gasteiger partial charge in [-0.25, -0.2) is 4.98 Å². The highest BCUT2D eigenvalue weighted by molar-refractivity contribution is 5.89. The maximum absolute atomic E-state index is 5.78. The fraction of sp³-hybridized carbons (Fsp3) is 0.125. The van der Waals surface area contributed by atoms with Crippen molar-refractivity contribution in [3.8, 4) is 0 Å². The van der Waals surface area contributed by atoms with Gasteiger partial charge < -0.3 is 11.1 Å². The van der Waals surface area contributed by atoms with E-state index < -0.39 is 0 Å². The summed E-state index contributed by atoms with van der Waals surface area (Å²) < 4.78 is 0. The predicted molar refractivity (Wildman–Crippen MR) is 82.4 cm³/mol. The van der Waals surface area contributed by atoms with Gasteiger partial charge in [0.1, 0.15) is 5.82 Å². The topological polar surface area (TPSA) is 63.8 Å². The summed E-state index contributed by atoms with van der Waals surface area (Å²) in [6, 6.07) is 18.2. The number of nitrogen functional groups attached to an aromatic ring is 1. The molecule has 3 N–H and O–H groups in total. The third-order valence-corrected chi connectivity index (χ3v) is 3.27. The summed E-state index contributed by atoms with van der Waals surface area (Å²) >= 11 is 0. The van der Waals surface area contributed by atoms with E-state index in [1.54, 1.807) is 0 Å². The molecule has 3 rings (SSSR count). The summed E-state index contributed by atoms with van der Waals surface area (Å²) in [7, 11) is 0. The highest BCUT2D eigenvalue weighted by Crippen LogP contribution is 2.25. The molecule has 0 aliphatic rings. The summed E-state index contributed by atoms with van der Waals surface area (Å²) in [5, 5.41) is 4.39. The summed E-state index contributed by atoms with van der Waals surface area (Å²) in [4.78, 5) is 8.57. The van der Waals surface area contributed by atoms with Crippen LogP contribution in [-0.2, 0) is 0 Å². The van der Waals surface area contributed by atoms with Gasteiger partial charge in [0, 0.05) is 11.4 Å². The van der Waals surface area contributed by atoms with E-state index in [-0.39, 0.29) is 12.0 Å². The Kier molecular flexibility index (Phi) is 3.21. The Bertz CT molecular complexity index is 725. The van der Waals surface area contributed by atoms with Crippen LogP contribution >= 0.6 is 0 Å². The van der Waals surface area contributed by atoms with Gasteiger partial charge in [0.15, 0.2) is 0 Å². The summed E-state index contributed by atoms with van der Waals surface area (Å²) in [5.74, 6) is 1.05. The predicted octanol–water partition coefficient (Wildman–Crippen LogP) is 3.39. The molecule has 0 saturated carbocycles. The number of nitrogens with one attached hydrogen (secondary N) is 1. The van der Waals surface area contributed by atoms with Gasteiger partial charge in [-0.2, -0.15) is 4.98 Å². The molecule has 4 heteroatoms. The first kappa shape index (κ1) is 12.4. The van der Waals surface area contributed by atoms with Crippen LogP contribution < -0.4 is 11.1 Å². The van der Waals surface area contributed by atoms with Crippen LogP contribution in [0.25, 0.3) is 10.9 Å². The van der Waals surface area contributed by atoms with Crippen molar-refractivity contribution in [1.82, 2.24) is 9.97 Å². The lowest BCUT2D eigenvalue weighted by Crippen LogP contribution is -2.10. The largest absolute Gasteiger partial charge is 0.368 e. The normalized spacial score (nSPS) is 12.2. The molecule has 0 amide bonds. The maximum Gasteiger partial charge on any atom is 0.222 e. The van der Waals surface area contributed by atoms with E-state index in [0.717, 1.165) is 16.7 Å². The maximum atomic E-state index is 5.78. The number of aromatic nitrogens is 2. The van der Waals surface area contributed by atoms with Gasteiger partial charge in [0.05, 0.1) is 5.52 Å². The molecule has 0 unspecified atom stereocenters. The minimum absolute atomic E-state index is 0.147. The summed E-state index contributed by atoms with van der Waals surface area (Å²) in [5.41, 5.74) is 7.83. The number of fused-ring (bicyclic) bond motifs is 1. The SMILES string of the molecule is C[C@@H](Nc1nc(N)nc2ccccc12)c1ccccc1. The number of benzene rings is 2. The molecule has 1 atom stereocenters. The van der Waals surface area contributed by atoms with Crippen molar-refractivity contribution >= 4 is 22.7 Å². The van der Waals surface area contributed by atoms with Crippen LogP contribution in [0.3, 0.4) is 0 Å². The van der Waals surface area contributed by atoms with Crippen LogP contribution in [0.5, 0.6) is 0 Å². The number of nitrogens with two attached hydrogens (primary N) is 1. The second-order valence-electron chi connectivity index (χ2n) is 4.72. The van der Waals surface area contributed by atoms with Gasteiger partial charge in [-0.3, -0.25) is 0 Å². The molecule has 1 heterocycles. The molecule has 0 bridgehead atoms. The van der Waals surface area contributed by atoms with E-state index in [1.165, 1.54) is 5.56 Å². The molecule has 20 heavy (non-hydrogen) atoms. The fourth-order valence-electron chi connectivity index (χ4n) is 2.23. The quantitative estimate of drug-likeness (QED) is 0.761. The molecule has 4 nitrogen and oxygen atoms in total. The minimum Gasteiger partial charge on any atom is -0.368 e. The second-order valence-corrected chi connectivity index (χ2v) is 4.72. The van der Waals surface area contributed by atoms with Crippen LogP contribution in [0, 0.1) is 0 Å². The van der Waals surface area contributed by atoms with Gasteiger partial charge in [0.2, 0.25) is 5.95 Å². The Hall–Kier alpha value is -2.62. The third-order valence-electron chi connectivity index (χ3n) is 3.27. The monoisotopic (exact) mass is 264 g/mol. The average molecular weight is 264 g/mol. The molecule has 3 aromatic rings. The lowest BCUT2D eigenvalue weighted by Gasteiger charge is -2.16. The first-order valence-corrected chi connectivity index (χ1v) is 6.58. The molecule has 0 aliphatic carbocycles. The molecular formula is C16H16N4. The number of nitrogens with zero attached hydrogens (tertiary/aromatic N) is 2. The van der Waals surface area contributed by atoms with Crippen molar-refractivity contribution in [2.75, 3.05) is 11.1 Å². The van der Waals surface area contributed by atoms with Crippen molar-refractivity contribution in [3.05, 3.63) is 60.2 Å². The van der Waals surface area contributed by atoms with E-state index in [4.69, 9.17) is 5.73 Å². The Labute approximate surface area is 117 Å². The zero-order valence-corrected chi connectivity index (χ0v) is 11.2. The highest BCUT2D eigenvalue weighted by Gasteiger charge is 2.10. The van der Waals surface area contributed by atoms with E-state index in [9.17, 15) is 0 Å². The Morgan fingerprint density at radius 3 is 2.45 bits per heavy atom. The van der Waals surface area contributed by atoms with Gasteiger partial charge >= 0.3 is 0 Å². The van der Waals surface area contributed by atoms with Crippen molar-refractivity contribution in [3.63, 3.8) is 0 Å². The number of hydrogen-bond donors (Lipinski definition) is 2. The van der Waals surface area contributed by atoms with Crippen LogP contribution in [-0.4, -0.2) is 9.97 Å². The Morgan fingerprint density at radius 1 is 0.950 bits per heavy atom. The van der Waals surface area contributed by atoms with Gasteiger partial charge in [-0.1, -0.05) is 42.5 Å². The van der Waals surface area contributed by atoms with Crippen LogP contribution in [0.4, 0.5) is 11.8 Å². The first-order valence-electron chi connectivity index (χ1n) is 6.58. The highest BCUT2D eigenvalue weighted by atomic mass is 15.1. The van der Waals surface area contributed by atoms with E-state index >= 15 is 0 Å². The van der Waals surface area contributed by atoms with E-state index in [2.05, 4.69) is 34.3 Å². The standard InChI is InChI=1S/C16H16N4/c1-11(12-7-3-2-4-8-12)18-15-13-9-5-6-10-14(13)19-16(17)20-15/h2-11H,1H3,(H3,17,18,19,20)/t11-/m1/s1. The average Bonchev–Trinajstić information content (AvgIpc) is 2.48. The Morgan fingerprint density at radius 2 is 1.65 bits per heavy atom. The van der Waals surface area contributed by atoms with Gasteiger partial charge in [-0.15, -0.1) is 0 Å². The summed E-state index contributed by atoms with van der Waals surface area (Å²) in [6.07, 6.45) is 0. The number of hydrogen-bond acceptors (Lipinski definition) is 4. The number of para-hydroxylation sites is 1. The van der Waals surface area contributed by atoms with Gasteiger partial charge in [-0.05, 0) is 24.6 Å². The van der Waals surface area contributed by atoms with Crippen molar-refractivity contribution in [2.45, 2.75) is 13.0 Å². The number of anilines is 2. The second kappa shape index (κ2) is 5.17. The molecule has 2 aromatic carbocycles. The molecule has 100 valence electrons. The van der Waals surface area contributed by atoms with Crippen LogP contribution in [0.2, 0.25) is 0 Å². The molecule has 0 aliphatic heterocycles. The Balaban J connectivity index is 1.98. The van der Waals surface area contributed by atoms with Gasteiger partial charge in [0.25, 0.3) is 0 Å². The van der Waals surface area contributed by atoms with Crippen LogP contribution in [0.1, 0.15) is 18.5 Å². The minimum atomic E-state index is 0.147. The fourth-order valence-corrected chi connectivity index (χ4v) is 2.23. The molecular weight excluding hydrogens is 248 g/mol. The summed E-state index contributed by atoms with van der Waals surface area (Å²) in [6.45, 7) is 2.10. The molecule has 1 aromatic heterocycles. The smallest absolute Gasteiger partial charge is 0.222 e. The van der Waals surface area contributed by atoms with Crippen molar-refractivity contribution < 1.29 is 0 Å². The van der Waals surface area contributed by atoms with Crippen molar-refractivity contribution in [2.24, 2.45) is 0 Å². The van der Waals surface area contributed by atoms with E-state index in [1.807, 2.05) is 42.5 Å². The molecule has 0 radical (unpaired) electrons. The zero-order valence-electron chi connectivity index (χ0n) is 11.2. The molecule has 0 spiro atoms. The van der Waals surface area contributed by atoms with Crippen molar-refractivity contribution in [1.29, 1.82) is 0 Å². The lowest BCUT2D eigenvalue weighted by atomic mass is 10.1. The zero-order chi connectivity index (χ0) is 13.9. The number of rotatable bonds is 3. The molecule has 0 fully saturated rings. The first-order chi connectivity index (χ1) is 9.74. The van der Waals surface area contributed by atoms with E-state index in [0.29, 0.717) is 0 Å².